The van der Waals surface area contributed by atoms with Crippen molar-refractivity contribution in [3.05, 3.63) is 0 Å². The van der Waals surface area contributed by atoms with E-state index in [0.717, 1.165) is 19.3 Å². The number of hydrogen-bond acceptors (Lipinski definition) is 2. The summed E-state index contributed by atoms with van der Waals surface area (Å²) in [5, 5.41) is 12.1. The van der Waals surface area contributed by atoms with Crippen molar-refractivity contribution in [1.29, 1.82) is 0 Å². The minimum absolute atomic E-state index is 0.0589. The number of aliphatic carboxylic acids is 1. The molecule has 0 bridgehead atoms. The zero-order valence-electron chi connectivity index (χ0n) is 11.1. The van der Waals surface area contributed by atoms with Crippen molar-refractivity contribution in [2.24, 2.45) is 11.8 Å². The number of carbonyl (C=O) groups is 2. The third-order valence-electron chi connectivity index (χ3n) is 4.53. The topological polar surface area (TPSA) is 66.4 Å². The molecule has 0 unspecified atom stereocenters. The van der Waals surface area contributed by atoms with E-state index in [1.54, 1.807) is 0 Å². The van der Waals surface area contributed by atoms with Gasteiger partial charge in [-0.05, 0) is 39.0 Å². The molecule has 2 aliphatic carbocycles. The highest BCUT2D eigenvalue weighted by atomic mass is 16.4. The zero-order chi connectivity index (χ0) is 13.2. The number of hydrogen-bond donors (Lipinski definition) is 2. The highest BCUT2D eigenvalue weighted by Gasteiger charge is 2.36. The lowest BCUT2D eigenvalue weighted by molar-refractivity contribution is -0.141. The summed E-state index contributed by atoms with van der Waals surface area (Å²) in [7, 11) is 0. The zero-order valence-corrected chi connectivity index (χ0v) is 11.1. The van der Waals surface area contributed by atoms with Crippen molar-refractivity contribution < 1.29 is 14.7 Å². The highest BCUT2D eigenvalue weighted by molar-refractivity contribution is 5.81. The van der Waals surface area contributed by atoms with E-state index in [-0.39, 0.29) is 23.3 Å². The Hall–Kier alpha value is -1.06. The largest absolute Gasteiger partial charge is 0.481 e. The number of amides is 1. The van der Waals surface area contributed by atoms with Crippen LogP contribution in [0.25, 0.3) is 0 Å². The first-order chi connectivity index (χ1) is 8.50. The van der Waals surface area contributed by atoms with E-state index in [4.69, 9.17) is 5.11 Å². The Morgan fingerprint density at radius 3 is 2.28 bits per heavy atom. The van der Waals surface area contributed by atoms with Gasteiger partial charge in [-0.25, -0.2) is 0 Å². The van der Waals surface area contributed by atoms with E-state index in [9.17, 15) is 9.59 Å². The van der Waals surface area contributed by atoms with Crippen LogP contribution in [0.3, 0.4) is 0 Å². The number of carboxylic acid groups (broad SMARTS) is 1. The van der Waals surface area contributed by atoms with Gasteiger partial charge in [-0.15, -0.1) is 0 Å². The lowest BCUT2D eigenvalue weighted by atomic mass is 9.83. The number of nitrogens with one attached hydrogen (secondary N) is 1. The van der Waals surface area contributed by atoms with Crippen molar-refractivity contribution in [2.45, 2.75) is 63.8 Å². The van der Waals surface area contributed by atoms with Gasteiger partial charge in [0.25, 0.3) is 0 Å². The van der Waals surface area contributed by atoms with Crippen molar-refractivity contribution in [2.75, 3.05) is 0 Å². The van der Waals surface area contributed by atoms with Crippen LogP contribution in [0.1, 0.15) is 58.3 Å². The third kappa shape index (κ3) is 3.03. The molecule has 0 aromatic heterocycles. The summed E-state index contributed by atoms with van der Waals surface area (Å²) in [6.07, 6.45) is 7.59. The fraction of sp³-hybridized carbons (Fsp3) is 0.857. The molecule has 2 atom stereocenters. The van der Waals surface area contributed by atoms with E-state index in [2.05, 4.69) is 12.2 Å². The second-order valence-corrected chi connectivity index (χ2v) is 6.16. The van der Waals surface area contributed by atoms with Gasteiger partial charge in [0.1, 0.15) is 0 Å². The van der Waals surface area contributed by atoms with E-state index < -0.39 is 5.97 Å². The number of rotatable bonds is 3. The Balaban J connectivity index is 1.87. The summed E-state index contributed by atoms with van der Waals surface area (Å²) < 4.78 is 0. The molecule has 0 aromatic carbocycles. The summed E-state index contributed by atoms with van der Waals surface area (Å²) in [4.78, 5) is 23.1. The summed E-state index contributed by atoms with van der Waals surface area (Å²) >= 11 is 0. The van der Waals surface area contributed by atoms with Gasteiger partial charge >= 0.3 is 5.97 Å². The normalized spacial score (nSPS) is 30.9. The second-order valence-electron chi connectivity index (χ2n) is 6.16. The van der Waals surface area contributed by atoms with Crippen molar-refractivity contribution in [1.82, 2.24) is 5.32 Å². The van der Waals surface area contributed by atoms with Crippen molar-refractivity contribution in [3.63, 3.8) is 0 Å². The standard InChI is InChI=1S/C14H23NO3/c1-14(7-3-2-4-8-14)15-12(16)10-5-6-11(9-10)13(17)18/h10-11H,2-9H2,1H3,(H,15,16)(H,17,18)/t10-,11+/m1/s1. The first kappa shape index (κ1) is 13.4. The Morgan fingerprint density at radius 1 is 1.11 bits per heavy atom. The summed E-state index contributed by atoms with van der Waals surface area (Å²) in [5.74, 6) is -1.10. The van der Waals surface area contributed by atoms with Crippen molar-refractivity contribution >= 4 is 11.9 Å². The van der Waals surface area contributed by atoms with Gasteiger partial charge < -0.3 is 10.4 Å². The minimum Gasteiger partial charge on any atom is -0.481 e. The smallest absolute Gasteiger partial charge is 0.306 e. The molecule has 0 radical (unpaired) electrons. The van der Waals surface area contributed by atoms with E-state index in [1.165, 1.54) is 19.3 Å². The van der Waals surface area contributed by atoms with Crippen LogP contribution in [-0.2, 0) is 9.59 Å². The molecule has 0 saturated heterocycles. The predicted molar refractivity (Wildman–Crippen MR) is 68.1 cm³/mol. The van der Waals surface area contributed by atoms with Crippen LogP contribution in [0, 0.1) is 11.8 Å². The number of carbonyl (C=O) groups excluding carboxylic acids is 1. The van der Waals surface area contributed by atoms with E-state index in [0.29, 0.717) is 12.8 Å². The van der Waals surface area contributed by atoms with Gasteiger partial charge in [0, 0.05) is 11.5 Å². The molecule has 4 nitrogen and oxygen atoms in total. The maximum Gasteiger partial charge on any atom is 0.306 e. The van der Waals surface area contributed by atoms with Crippen LogP contribution in [0.15, 0.2) is 0 Å². The Bertz CT molecular complexity index is 334. The van der Waals surface area contributed by atoms with Gasteiger partial charge in [-0.1, -0.05) is 19.3 Å². The first-order valence-corrected chi connectivity index (χ1v) is 7.05. The fourth-order valence-electron chi connectivity index (χ4n) is 3.30. The summed E-state index contributed by atoms with van der Waals surface area (Å²) in [6, 6.07) is 0. The molecule has 102 valence electrons. The first-order valence-electron chi connectivity index (χ1n) is 7.05. The third-order valence-corrected chi connectivity index (χ3v) is 4.53. The summed E-state index contributed by atoms with van der Waals surface area (Å²) in [5.41, 5.74) is -0.0589. The van der Waals surface area contributed by atoms with E-state index >= 15 is 0 Å². The average molecular weight is 253 g/mol. The lowest BCUT2D eigenvalue weighted by Gasteiger charge is -2.35. The molecule has 4 heteroatoms. The van der Waals surface area contributed by atoms with Crippen LogP contribution in [0.5, 0.6) is 0 Å². The highest BCUT2D eigenvalue weighted by Crippen LogP contribution is 2.33. The van der Waals surface area contributed by atoms with Crippen LogP contribution >= 0.6 is 0 Å². The Labute approximate surface area is 108 Å². The molecular formula is C14H23NO3. The monoisotopic (exact) mass is 253 g/mol. The quantitative estimate of drug-likeness (QED) is 0.811. The molecule has 1 amide bonds. The Kier molecular flexibility index (Phi) is 3.93. The maximum atomic E-state index is 12.2. The molecule has 2 aliphatic rings. The van der Waals surface area contributed by atoms with Crippen LogP contribution in [0.2, 0.25) is 0 Å². The minimum atomic E-state index is -0.755. The number of carboxylic acids is 1. The molecule has 2 rings (SSSR count). The molecule has 2 N–H and O–H groups in total. The molecular weight excluding hydrogens is 230 g/mol. The molecule has 2 fully saturated rings. The van der Waals surface area contributed by atoms with Gasteiger partial charge in [0.15, 0.2) is 0 Å². The molecule has 0 aliphatic heterocycles. The average Bonchev–Trinajstić information content (AvgIpc) is 2.78. The van der Waals surface area contributed by atoms with Gasteiger partial charge in [0.05, 0.1) is 5.92 Å². The SMILES string of the molecule is CC1(NC(=O)[C@@H]2CC[C@H](C(=O)O)C2)CCCCC1. The van der Waals surface area contributed by atoms with E-state index in [1.807, 2.05) is 0 Å². The van der Waals surface area contributed by atoms with Gasteiger partial charge in [-0.3, -0.25) is 9.59 Å². The maximum absolute atomic E-state index is 12.2. The van der Waals surface area contributed by atoms with Crippen LogP contribution in [-0.4, -0.2) is 22.5 Å². The molecule has 18 heavy (non-hydrogen) atoms. The van der Waals surface area contributed by atoms with Gasteiger partial charge in [0.2, 0.25) is 5.91 Å². The lowest BCUT2D eigenvalue weighted by Crippen LogP contribution is -2.49. The molecule has 2 saturated carbocycles. The Morgan fingerprint density at radius 2 is 1.72 bits per heavy atom. The molecule has 0 spiro atoms. The summed E-state index contributed by atoms with van der Waals surface area (Å²) in [6.45, 7) is 2.12. The molecule has 0 heterocycles. The second kappa shape index (κ2) is 5.29. The van der Waals surface area contributed by atoms with Crippen molar-refractivity contribution in [3.8, 4) is 0 Å². The molecule has 0 aromatic rings. The van der Waals surface area contributed by atoms with Gasteiger partial charge in [-0.2, -0.15) is 0 Å². The van der Waals surface area contributed by atoms with Crippen LogP contribution in [0.4, 0.5) is 0 Å². The van der Waals surface area contributed by atoms with Crippen LogP contribution < -0.4 is 5.32 Å². The fourth-order valence-corrected chi connectivity index (χ4v) is 3.30. The predicted octanol–water partition coefficient (Wildman–Crippen LogP) is 2.33.